The van der Waals surface area contributed by atoms with Gasteiger partial charge in [0.2, 0.25) is 0 Å². The second kappa shape index (κ2) is 7.27. The van der Waals surface area contributed by atoms with E-state index < -0.39 is 16.9 Å². The molecule has 0 saturated heterocycles. The Kier molecular flexibility index (Phi) is 4.64. The number of benzene rings is 2. The number of nitro benzene ring substituents is 1. The molecule has 1 heterocycles. The molecule has 1 atom stereocenters. The zero-order chi connectivity index (χ0) is 20.5. The number of fused-ring (bicyclic) bond motifs is 1. The van der Waals surface area contributed by atoms with Crippen LogP contribution in [0.4, 0.5) is 16.2 Å². The highest BCUT2D eigenvalue weighted by Gasteiger charge is 2.47. The Morgan fingerprint density at radius 3 is 2.66 bits per heavy atom. The quantitative estimate of drug-likeness (QED) is 0.453. The van der Waals surface area contributed by atoms with Gasteiger partial charge in [0.25, 0.3) is 5.69 Å². The second-order valence-electron chi connectivity index (χ2n) is 6.95. The van der Waals surface area contributed by atoms with Crippen LogP contribution in [0.2, 0.25) is 0 Å². The summed E-state index contributed by atoms with van der Waals surface area (Å²) in [5, 5.41) is 11.1. The van der Waals surface area contributed by atoms with Crippen molar-refractivity contribution in [3.8, 4) is 0 Å². The molecule has 2 aliphatic rings. The first-order valence-corrected chi connectivity index (χ1v) is 9.13. The Morgan fingerprint density at radius 2 is 1.90 bits per heavy atom. The molecule has 2 aromatic carbocycles. The summed E-state index contributed by atoms with van der Waals surface area (Å²) < 4.78 is 1.51. The number of urea groups is 1. The van der Waals surface area contributed by atoms with Gasteiger partial charge in [0.05, 0.1) is 4.92 Å². The third-order valence-corrected chi connectivity index (χ3v) is 4.94. The van der Waals surface area contributed by atoms with Gasteiger partial charge in [-0.3, -0.25) is 10.1 Å². The first kappa shape index (κ1) is 18.5. The smallest absolute Gasteiger partial charge is 0.258 e. The molecule has 2 aromatic rings. The maximum atomic E-state index is 13.3. The second-order valence-corrected chi connectivity index (χ2v) is 6.95. The van der Waals surface area contributed by atoms with Gasteiger partial charge in [-0.2, -0.15) is 9.37 Å². The molecule has 0 N–H and O–H groups in total. The van der Waals surface area contributed by atoms with Crippen molar-refractivity contribution in [3.63, 3.8) is 0 Å². The minimum atomic E-state index is -0.586. The van der Waals surface area contributed by atoms with Crippen LogP contribution < -0.4 is 4.90 Å². The highest BCUT2D eigenvalue weighted by Crippen LogP contribution is 2.27. The maximum absolute atomic E-state index is 13.3. The number of anilines is 1. The van der Waals surface area contributed by atoms with Crippen LogP contribution in [0, 0.1) is 23.0 Å². The monoisotopic (exact) mass is 388 g/mol. The van der Waals surface area contributed by atoms with E-state index in [1.54, 1.807) is 54.6 Å². The van der Waals surface area contributed by atoms with Crippen molar-refractivity contribution in [2.24, 2.45) is 5.92 Å². The van der Waals surface area contributed by atoms with Crippen molar-refractivity contribution >= 4 is 29.0 Å². The Morgan fingerprint density at radius 1 is 1.10 bits per heavy atom. The number of nitro groups is 1. The predicted molar refractivity (Wildman–Crippen MR) is 108 cm³/mol. The lowest BCUT2D eigenvalue weighted by atomic mass is 9.94. The fourth-order valence-corrected chi connectivity index (χ4v) is 3.58. The number of rotatable bonds is 4. The van der Waals surface area contributed by atoms with Crippen LogP contribution in [0.1, 0.15) is 11.1 Å². The summed E-state index contributed by atoms with van der Waals surface area (Å²) in [6, 6.07) is 12.9. The van der Waals surface area contributed by atoms with E-state index in [0.717, 1.165) is 5.56 Å². The molecule has 0 spiro atoms. The molecule has 0 aromatic heterocycles. The molecule has 0 bridgehead atoms. The van der Waals surface area contributed by atoms with Gasteiger partial charge in [-0.1, -0.05) is 42.5 Å². The minimum Gasteiger partial charge on any atom is -0.258 e. The Labute approximate surface area is 167 Å². The zero-order valence-corrected chi connectivity index (χ0v) is 15.7. The van der Waals surface area contributed by atoms with Gasteiger partial charge < -0.3 is 0 Å². The predicted octanol–water partition coefficient (Wildman–Crippen LogP) is 3.77. The average Bonchev–Trinajstić information content (AvgIpc) is 2.71. The summed E-state index contributed by atoms with van der Waals surface area (Å²) in [5.41, 5.74) is 2.57. The molecule has 3 amide bonds. The van der Waals surface area contributed by atoms with Crippen molar-refractivity contribution in [3.05, 3.63) is 94.1 Å². The van der Waals surface area contributed by atoms with Crippen LogP contribution in [-0.2, 0) is 11.3 Å². The van der Waals surface area contributed by atoms with Gasteiger partial charge in [-0.15, -0.1) is 4.90 Å². The molecule has 0 radical (unpaired) electrons. The third-order valence-electron chi connectivity index (χ3n) is 4.94. The van der Waals surface area contributed by atoms with Crippen LogP contribution >= 0.6 is 0 Å². The fourth-order valence-electron chi connectivity index (χ4n) is 3.58. The van der Waals surface area contributed by atoms with Crippen molar-refractivity contribution < 1.29 is 19.1 Å². The number of aryl methyl sites for hydroxylation is 1. The number of allylic oxidation sites excluding steroid dienone is 3. The topological polar surface area (TPSA) is 83.5 Å². The number of hydrogen-bond donors (Lipinski definition) is 0. The lowest BCUT2D eigenvalue weighted by Crippen LogP contribution is -2.54. The SMILES string of the molecule is Cc1cccc(N2C(=O)C3C=CC=CC3=[N+](Cc3cccc([N+](=O)[O-])c3)C2=O)c1. The largest absolute Gasteiger partial charge is 0.506 e. The highest BCUT2D eigenvalue weighted by molar-refractivity contribution is 6.25. The van der Waals surface area contributed by atoms with Crippen LogP contribution in [-0.4, -0.2) is 27.1 Å². The van der Waals surface area contributed by atoms with Crippen molar-refractivity contribution in [2.75, 3.05) is 4.90 Å². The number of amides is 3. The first-order chi connectivity index (χ1) is 14.0. The van der Waals surface area contributed by atoms with E-state index in [4.69, 9.17) is 0 Å². The highest BCUT2D eigenvalue weighted by atomic mass is 16.6. The lowest BCUT2D eigenvalue weighted by Gasteiger charge is -2.26. The number of imide groups is 1. The number of carbonyl (C=O) groups excluding carboxylic acids is 2. The van der Waals surface area contributed by atoms with Crippen molar-refractivity contribution in [2.45, 2.75) is 13.5 Å². The molecular weight excluding hydrogens is 370 g/mol. The fraction of sp³-hybridized carbons (Fsp3) is 0.136. The normalized spacial score (nSPS) is 18.2. The van der Waals surface area contributed by atoms with Crippen LogP contribution in [0.3, 0.4) is 0 Å². The molecule has 4 rings (SSSR count). The van der Waals surface area contributed by atoms with E-state index in [-0.39, 0.29) is 18.1 Å². The molecule has 1 aliphatic carbocycles. The summed E-state index contributed by atoms with van der Waals surface area (Å²) in [6.45, 7) is 2.02. The number of non-ortho nitro benzene ring substituents is 1. The average molecular weight is 388 g/mol. The van der Waals surface area contributed by atoms with Gasteiger partial charge in [-0.25, -0.2) is 4.79 Å². The van der Waals surface area contributed by atoms with Crippen LogP contribution in [0.5, 0.6) is 0 Å². The third kappa shape index (κ3) is 3.38. The zero-order valence-electron chi connectivity index (χ0n) is 15.7. The van der Waals surface area contributed by atoms with E-state index in [1.807, 2.05) is 13.0 Å². The summed E-state index contributed by atoms with van der Waals surface area (Å²) in [6.07, 6.45) is 7.05. The minimum absolute atomic E-state index is 0.0424. The summed E-state index contributed by atoms with van der Waals surface area (Å²) in [5.74, 6) is -0.900. The molecule has 7 heteroatoms. The molecular formula is C22H18N3O4+. The van der Waals surface area contributed by atoms with Gasteiger partial charge in [0.15, 0.2) is 0 Å². The summed E-state index contributed by atoms with van der Waals surface area (Å²) in [4.78, 5) is 38.3. The van der Waals surface area contributed by atoms with E-state index in [9.17, 15) is 19.7 Å². The maximum Gasteiger partial charge on any atom is 0.506 e. The Hall–Kier alpha value is -3.87. The lowest BCUT2D eigenvalue weighted by molar-refractivity contribution is -0.446. The summed E-state index contributed by atoms with van der Waals surface area (Å²) >= 11 is 0. The Balaban J connectivity index is 1.80. The van der Waals surface area contributed by atoms with Crippen molar-refractivity contribution in [1.82, 2.24) is 0 Å². The molecule has 144 valence electrons. The molecule has 0 fully saturated rings. The van der Waals surface area contributed by atoms with Gasteiger partial charge >= 0.3 is 11.9 Å². The Bertz CT molecular complexity index is 1130. The van der Waals surface area contributed by atoms with E-state index in [1.165, 1.54) is 21.6 Å². The first-order valence-electron chi connectivity index (χ1n) is 9.13. The van der Waals surface area contributed by atoms with Gasteiger partial charge in [0.1, 0.15) is 23.9 Å². The number of carbonyl (C=O) groups is 2. The van der Waals surface area contributed by atoms with Crippen LogP contribution in [0.15, 0.2) is 72.8 Å². The number of hydrogen-bond acceptors (Lipinski definition) is 4. The molecule has 7 nitrogen and oxygen atoms in total. The van der Waals surface area contributed by atoms with E-state index in [2.05, 4.69) is 0 Å². The van der Waals surface area contributed by atoms with E-state index in [0.29, 0.717) is 17.0 Å². The van der Waals surface area contributed by atoms with Gasteiger partial charge in [-0.05, 0) is 30.7 Å². The van der Waals surface area contributed by atoms with Crippen LogP contribution in [0.25, 0.3) is 0 Å². The van der Waals surface area contributed by atoms with E-state index >= 15 is 0 Å². The van der Waals surface area contributed by atoms with Gasteiger partial charge in [0, 0.05) is 17.7 Å². The standard InChI is InChI=1S/C22H18N3O4/c1-15-6-4-8-17(12-15)24-21(26)19-10-2-3-11-20(19)23(22(24)27)14-16-7-5-9-18(13-16)25(28)29/h2-13,19H,14H2,1H3/q+1. The summed E-state index contributed by atoms with van der Waals surface area (Å²) in [7, 11) is 0. The number of nitrogens with zero attached hydrogens (tertiary/aromatic N) is 3. The molecule has 1 aliphatic heterocycles. The molecule has 29 heavy (non-hydrogen) atoms. The van der Waals surface area contributed by atoms with Crippen molar-refractivity contribution in [1.29, 1.82) is 0 Å². The molecule has 1 unspecified atom stereocenters. The molecule has 0 saturated carbocycles.